The van der Waals surface area contributed by atoms with Crippen LogP contribution in [0, 0.1) is 0 Å². The van der Waals surface area contributed by atoms with Crippen molar-refractivity contribution in [3.05, 3.63) is 11.1 Å². The minimum absolute atomic E-state index is 0.780. The molecule has 0 aromatic carbocycles. The van der Waals surface area contributed by atoms with Crippen LogP contribution < -0.4 is 0 Å². The van der Waals surface area contributed by atoms with Crippen LogP contribution in [0.25, 0.3) is 0 Å². The van der Waals surface area contributed by atoms with E-state index in [-0.39, 0.29) is 0 Å². The fourth-order valence-corrected chi connectivity index (χ4v) is 2.54. The van der Waals surface area contributed by atoms with Gasteiger partial charge in [-0.15, -0.1) is 11.8 Å². The molecule has 1 saturated heterocycles. The minimum Gasteiger partial charge on any atom is -0.378 e. The van der Waals surface area contributed by atoms with E-state index < -0.39 is 0 Å². The molecule has 2 aliphatic rings. The maximum atomic E-state index is 5.31. The van der Waals surface area contributed by atoms with Gasteiger partial charge in [-0.25, -0.2) is 0 Å². The van der Waals surface area contributed by atoms with E-state index in [1.165, 1.54) is 12.1 Å². The van der Waals surface area contributed by atoms with Crippen molar-refractivity contribution in [1.29, 1.82) is 0 Å². The molecule has 2 nitrogen and oxygen atoms in total. The largest absolute Gasteiger partial charge is 0.378 e. The molecule has 2 heterocycles. The molecule has 1 atom stereocenters. The van der Waals surface area contributed by atoms with Crippen molar-refractivity contribution in [3.8, 4) is 0 Å². The first kappa shape index (κ1) is 8.45. The molecule has 1 unspecified atom stereocenters. The average Bonchev–Trinajstić information content (AvgIpc) is 2.54. The van der Waals surface area contributed by atoms with Crippen LogP contribution in [0.2, 0.25) is 0 Å². The zero-order chi connectivity index (χ0) is 8.39. The van der Waals surface area contributed by atoms with Crippen molar-refractivity contribution in [2.75, 3.05) is 26.3 Å². The van der Waals surface area contributed by atoms with E-state index in [0.717, 1.165) is 31.6 Å². The van der Waals surface area contributed by atoms with Gasteiger partial charge in [0.1, 0.15) is 0 Å². The van der Waals surface area contributed by atoms with E-state index in [4.69, 9.17) is 4.74 Å². The number of hydrogen-bond acceptors (Lipinski definition) is 3. The van der Waals surface area contributed by atoms with Crippen molar-refractivity contribution >= 4 is 11.8 Å². The van der Waals surface area contributed by atoms with Gasteiger partial charge in [0.05, 0.1) is 13.2 Å². The normalized spacial score (nSPS) is 30.6. The molecule has 2 rings (SSSR count). The first-order valence-electron chi connectivity index (χ1n) is 4.53. The molecule has 2 aliphatic heterocycles. The molecule has 0 aromatic heterocycles. The molecule has 0 bridgehead atoms. The first-order valence-corrected chi connectivity index (χ1v) is 5.48. The Morgan fingerprint density at radius 2 is 2.25 bits per heavy atom. The van der Waals surface area contributed by atoms with Gasteiger partial charge >= 0.3 is 0 Å². The highest BCUT2D eigenvalue weighted by atomic mass is 32.2. The zero-order valence-electron chi connectivity index (χ0n) is 7.45. The van der Waals surface area contributed by atoms with Crippen molar-refractivity contribution in [2.45, 2.75) is 18.6 Å². The van der Waals surface area contributed by atoms with Crippen molar-refractivity contribution in [1.82, 2.24) is 4.90 Å². The summed E-state index contributed by atoms with van der Waals surface area (Å²) in [5.74, 6) is 0. The lowest BCUT2D eigenvalue weighted by Crippen LogP contribution is -2.35. The molecule has 1 fully saturated rings. The minimum atomic E-state index is 0.780. The summed E-state index contributed by atoms with van der Waals surface area (Å²) in [6.07, 6.45) is 1.24. The topological polar surface area (TPSA) is 12.5 Å². The third kappa shape index (κ3) is 1.77. The Balaban J connectivity index is 1.91. The number of nitrogens with zero attached hydrogens (tertiary/aromatic N) is 1. The zero-order valence-corrected chi connectivity index (χ0v) is 8.27. The molecule has 3 heteroatoms. The number of ether oxygens (including phenoxy) is 1. The smallest absolute Gasteiger partial charge is 0.0642 e. The van der Waals surface area contributed by atoms with Crippen LogP contribution in [0.4, 0.5) is 0 Å². The van der Waals surface area contributed by atoms with Crippen LogP contribution in [-0.2, 0) is 4.74 Å². The lowest BCUT2D eigenvalue weighted by molar-refractivity contribution is 0.0525. The number of morpholine rings is 1. The second-order valence-electron chi connectivity index (χ2n) is 3.36. The molecule has 68 valence electrons. The summed E-state index contributed by atoms with van der Waals surface area (Å²) in [6, 6.07) is 0. The predicted molar refractivity (Wildman–Crippen MR) is 52.1 cm³/mol. The molecule has 0 radical (unpaired) electrons. The monoisotopic (exact) mass is 185 g/mol. The van der Waals surface area contributed by atoms with Crippen LogP contribution in [0.3, 0.4) is 0 Å². The summed E-state index contributed by atoms with van der Waals surface area (Å²) < 4.78 is 5.31. The average molecular weight is 185 g/mol. The van der Waals surface area contributed by atoms with E-state index in [2.05, 4.69) is 17.2 Å². The third-order valence-corrected chi connectivity index (χ3v) is 3.39. The lowest BCUT2D eigenvalue weighted by atomic mass is 10.2. The van der Waals surface area contributed by atoms with Gasteiger partial charge in [0.15, 0.2) is 0 Å². The molecule has 12 heavy (non-hydrogen) atoms. The first-order chi connectivity index (χ1) is 5.86. The highest BCUT2D eigenvalue weighted by Crippen LogP contribution is 2.31. The van der Waals surface area contributed by atoms with Gasteiger partial charge in [-0.3, -0.25) is 0 Å². The summed E-state index contributed by atoms with van der Waals surface area (Å²) in [5, 5.41) is 3.10. The Hall–Kier alpha value is -0.150. The molecular weight excluding hydrogens is 170 g/mol. The van der Waals surface area contributed by atoms with Gasteiger partial charge in [-0.1, -0.05) is 6.92 Å². The number of thioether (sulfide) groups is 1. The van der Waals surface area contributed by atoms with E-state index in [1.807, 2.05) is 11.8 Å². The number of hydrogen-bond donors (Lipinski definition) is 0. The highest BCUT2D eigenvalue weighted by Gasteiger charge is 2.19. The summed E-state index contributed by atoms with van der Waals surface area (Å²) in [4.78, 5) is 2.46. The Kier molecular flexibility index (Phi) is 2.61. The van der Waals surface area contributed by atoms with Gasteiger partial charge in [-0.05, 0) is 11.8 Å². The van der Waals surface area contributed by atoms with Gasteiger partial charge in [0, 0.05) is 24.0 Å². The quantitative estimate of drug-likeness (QED) is 0.617. The van der Waals surface area contributed by atoms with Crippen molar-refractivity contribution in [2.24, 2.45) is 0 Å². The van der Waals surface area contributed by atoms with Crippen LogP contribution in [-0.4, -0.2) is 36.5 Å². The van der Waals surface area contributed by atoms with Gasteiger partial charge < -0.3 is 9.64 Å². The molecule has 0 saturated carbocycles. The van der Waals surface area contributed by atoms with Crippen molar-refractivity contribution in [3.63, 3.8) is 0 Å². The summed E-state index contributed by atoms with van der Waals surface area (Å²) in [7, 11) is 0. The second kappa shape index (κ2) is 3.71. The van der Waals surface area contributed by atoms with Gasteiger partial charge in [0.2, 0.25) is 0 Å². The lowest BCUT2D eigenvalue weighted by Gasteiger charge is -2.29. The number of rotatable bonds is 1. The Bertz CT molecular complexity index is 187. The summed E-state index contributed by atoms with van der Waals surface area (Å²) >= 11 is 1.95. The van der Waals surface area contributed by atoms with E-state index >= 15 is 0 Å². The fraction of sp³-hybridized carbons (Fsp3) is 0.778. The van der Waals surface area contributed by atoms with E-state index in [0.29, 0.717) is 0 Å². The summed E-state index contributed by atoms with van der Waals surface area (Å²) in [6.45, 7) is 6.25. The third-order valence-electron chi connectivity index (χ3n) is 2.35. The van der Waals surface area contributed by atoms with Crippen LogP contribution in [0.1, 0.15) is 13.3 Å². The SMILES string of the molecule is CC1CC(N2CCOCC2)=CS1. The Morgan fingerprint density at radius 1 is 1.50 bits per heavy atom. The molecule has 0 aliphatic carbocycles. The summed E-state index contributed by atoms with van der Waals surface area (Å²) in [5.41, 5.74) is 1.52. The van der Waals surface area contributed by atoms with E-state index in [9.17, 15) is 0 Å². The standard InChI is InChI=1S/C9H15NOS/c1-8-6-9(7-12-8)10-2-4-11-5-3-10/h7-8H,2-6H2,1H3. The van der Waals surface area contributed by atoms with E-state index in [1.54, 1.807) is 0 Å². The fourth-order valence-electron chi connectivity index (χ4n) is 1.64. The molecule has 0 amide bonds. The molecular formula is C9H15NOS. The van der Waals surface area contributed by atoms with Gasteiger partial charge in [0.25, 0.3) is 0 Å². The van der Waals surface area contributed by atoms with Gasteiger partial charge in [-0.2, -0.15) is 0 Å². The van der Waals surface area contributed by atoms with Crippen molar-refractivity contribution < 1.29 is 4.74 Å². The molecule has 0 aromatic rings. The Morgan fingerprint density at radius 3 is 2.83 bits per heavy atom. The number of allylic oxidation sites excluding steroid dienone is 1. The Labute approximate surface area is 78.0 Å². The molecule has 0 spiro atoms. The maximum absolute atomic E-state index is 5.31. The molecule has 0 N–H and O–H groups in total. The maximum Gasteiger partial charge on any atom is 0.0642 e. The van der Waals surface area contributed by atoms with Crippen LogP contribution in [0.5, 0.6) is 0 Å². The second-order valence-corrected chi connectivity index (χ2v) is 4.67. The highest BCUT2D eigenvalue weighted by molar-refractivity contribution is 8.03. The van der Waals surface area contributed by atoms with Crippen LogP contribution in [0.15, 0.2) is 11.1 Å². The van der Waals surface area contributed by atoms with Crippen LogP contribution >= 0.6 is 11.8 Å². The predicted octanol–water partition coefficient (Wildman–Crippen LogP) is 1.69.